The molecule has 1 aliphatic heterocycles. The van der Waals surface area contributed by atoms with Crippen molar-refractivity contribution in [1.82, 2.24) is 0 Å². The number of nitriles is 3. The molecule has 0 radical (unpaired) electrons. The molecule has 0 saturated carbocycles. The van der Waals surface area contributed by atoms with E-state index in [4.69, 9.17) is 30.4 Å². The highest BCUT2D eigenvalue weighted by Crippen LogP contribution is 2.25. The normalized spacial score (nSPS) is 26.8. The average molecular weight is 372 g/mol. The standard InChI is InChI=1S/C17H16N4O6/c18-5-9(6-19)12(7-20)21-10-1-3-11(4-2-10)26-17-16(25)15(24)14(23)13(8-22)27-17/h1-4,13-17,21-25H,8H2. The predicted molar refractivity (Wildman–Crippen MR) is 88.3 cm³/mol. The third kappa shape index (κ3) is 4.52. The Balaban J connectivity index is 2.10. The second kappa shape index (κ2) is 8.97. The highest BCUT2D eigenvalue weighted by atomic mass is 16.7. The van der Waals surface area contributed by atoms with E-state index in [0.29, 0.717) is 5.69 Å². The molecule has 27 heavy (non-hydrogen) atoms. The molecular formula is C17H16N4O6. The Hall–Kier alpha value is -3.17. The molecule has 0 bridgehead atoms. The highest BCUT2D eigenvalue weighted by Gasteiger charge is 2.44. The minimum atomic E-state index is -1.56. The van der Waals surface area contributed by atoms with E-state index >= 15 is 0 Å². The van der Waals surface area contributed by atoms with Crippen LogP contribution in [-0.2, 0) is 4.74 Å². The number of hydrogen-bond acceptors (Lipinski definition) is 10. The lowest BCUT2D eigenvalue weighted by atomic mass is 9.99. The summed E-state index contributed by atoms with van der Waals surface area (Å²) in [6.07, 6.45) is -6.99. The molecule has 0 aromatic heterocycles. The third-order valence-corrected chi connectivity index (χ3v) is 3.81. The van der Waals surface area contributed by atoms with Crippen LogP contribution in [-0.4, -0.2) is 57.7 Å². The lowest BCUT2D eigenvalue weighted by Gasteiger charge is -2.39. The number of benzene rings is 1. The fourth-order valence-corrected chi connectivity index (χ4v) is 2.34. The van der Waals surface area contributed by atoms with Crippen LogP contribution >= 0.6 is 0 Å². The summed E-state index contributed by atoms with van der Waals surface area (Å²) in [4.78, 5) is 0. The first-order chi connectivity index (χ1) is 12.9. The van der Waals surface area contributed by atoms with Crippen LogP contribution in [0.2, 0.25) is 0 Å². The van der Waals surface area contributed by atoms with E-state index in [0.717, 1.165) is 0 Å². The molecule has 0 aliphatic carbocycles. The van der Waals surface area contributed by atoms with E-state index in [2.05, 4.69) is 5.32 Å². The van der Waals surface area contributed by atoms with E-state index < -0.39 is 37.3 Å². The number of aliphatic hydroxyl groups excluding tert-OH is 4. The fraction of sp³-hybridized carbons (Fsp3) is 0.353. The summed E-state index contributed by atoms with van der Waals surface area (Å²) in [5.74, 6) is 0.230. The molecule has 5 atom stereocenters. The minimum absolute atomic E-state index is 0.206. The van der Waals surface area contributed by atoms with Gasteiger partial charge in [-0.25, -0.2) is 0 Å². The maximum absolute atomic E-state index is 9.95. The lowest BCUT2D eigenvalue weighted by molar-refractivity contribution is -0.277. The number of nitrogens with zero attached hydrogens (tertiary/aromatic N) is 3. The molecule has 10 heteroatoms. The van der Waals surface area contributed by atoms with Gasteiger partial charge in [0.15, 0.2) is 5.57 Å². The van der Waals surface area contributed by atoms with Crippen LogP contribution in [0, 0.1) is 34.0 Å². The van der Waals surface area contributed by atoms with Gasteiger partial charge in [-0.1, -0.05) is 0 Å². The van der Waals surface area contributed by atoms with Crippen LogP contribution in [0.4, 0.5) is 5.69 Å². The van der Waals surface area contributed by atoms with Crippen molar-refractivity contribution in [1.29, 1.82) is 15.8 Å². The topological polar surface area (TPSA) is 183 Å². The van der Waals surface area contributed by atoms with Gasteiger partial charge in [-0.3, -0.25) is 0 Å². The molecule has 0 spiro atoms. The number of anilines is 1. The molecule has 1 aromatic rings. The molecule has 1 aromatic carbocycles. The van der Waals surface area contributed by atoms with E-state index in [1.54, 1.807) is 18.2 Å². The van der Waals surface area contributed by atoms with Crippen molar-refractivity contribution in [3.05, 3.63) is 35.5 Å². The van der Waals surface area contributed by atoms with Crippen molar-refractivity contribution in [2.45, 2.75) is 30.7 Å². The molecule has 0 amide bonds. The Morgan fingerprint density at radius 1 is 1.00 bits per heavy atom. The van der Waals surface area contributed by atoms with Crippen molar-refractivity contribution in [3.8, 4) is 24.0 Å². The van der Waals surface area contributed by atoms with Gasteiger partial charge in [-0.2, -0.15) is 15.8 Å². The van der Waals surface area contributed by atoms with Crippen LogP contribution in [0.1, 0.15) is 0 Å². The summed E-state index contributed by atoms with van der Waals surface area (Å²) in [6, 6.07) is 10.8. The zero-order valence-corrected chi connectivity index (χ0v) is 13.9. The average Bonchev–Trinajstić information content (AvgIpc) is 2.69. The third-order valence-electron chi connectivity index (χ3n) is 3.81. The predicted octanol–water partition coefficient (Wildman–Crippen LogP) is -0.898. The number of nitrogens with one attached hydrogen (secondary N) is 1. The van der Waals surface area contributed by atoms with Crippen molar-refractivity contribution in [2.24, 2.45) is 0 Å². The quantitative estimate of drug-likeness (QED) is 0.406. The summed E-state index contributed by atoms with van der Waals surface area (Å²) in [6.45, 7) is -0.572. The molecule has 1 heterocycles. The highest BCUT2D eigenvalue weighted by molar-refractivity contribution is 5.58. The molecular weight excluding hydrogens is 356 g/mol. The first-order valence-electron chi connectivity index (χ1n) is 7.74. The maximum atomic E-state index is 9.95. The van der Waals surface area contributed by atoms with Crippen LogP contribution in [0.25, 0.3) is 0 Å². The maximum Gasteiger partial charge on any atom is 0.229 e. The summed E-state index contributed by atoms with van der Waals surface area (Å²) in [5.41, 5.74) is -0.169. The second-order valence-corrected chi connectivity index (χ2v) is 5.55. The Morgan fingerprint density at radius 2 is 1.63 bits per heavy atom. The van der Waals surface area contributed by atoms with Crippen LogP contribution in [0.3, 0.4) is 0 Å². The first kappa shape index (κ1) is 20.1. The summed E-state index contributed by atoms with van der Waals surface area (Å²) >= 11 is 0. The van der Waals surface area contributed by atoms with Crippen molar-refractivity contribution in [2.75, 3.05) is 11.9 Å². The zero-order valence-electron chi connectivity index (χ0n) is 13.9. The summed E-state index contributed by atoms with van der Waals surface area (Å²) < 4.78 is 10.7. The Morgan fingerprint density at radius 3 is 2.15 bits per heavy atom. The van der Waals surface area contributed by atoms with Gasteiger partial charge in [0.25, 0.3) is 0 Å². The van der Waals surface area contributed by atoms with E-state index in [1.807, 2.05) is 0 Å². The molecule has 2 rings (SSSR count). The van der Waals surface area contributed by atoms with Gasteiger partial charge in [-0.05, 0) is 24.3 Å². The Labute approximate surface area is 154 Å². The summed E-state index contributed by atoms with van der Waals surface area (Å²) in [7, 11) is 0. The first-order valence-corrected chi connectivity index (χ1v) is 7.74. The molecule has 1 fully saturated rings. The van der Waals surface area contributed by atoms with Crippen molar-refractivity contribution in [3.63, 3.8) is 0 Å². The van der Waals surface area contributed by atoms with E-state index in [1.165, 1.54) is 24.3 Å². The van der Waals surface area contributed by atoms with Crippen LogP contribution < -0.4 is 10.1 Å². The molecule has 5 unspecified atom stereocenters. The number of allylic oxidation sites excluding steroid dienone is 2. The van der Waals surface area contributed by atoms with Crippen molar-refractivity contribution >= 4 is 5.69 Å². The number of hydrogen-bond donors (Lipinski definition) is 5. The monoisotopic (exact) mass is 372 g/mol. The summed E-state index contributed by atoms with van der Waals surface area (Å²) in [5, 5.41) is 67.8. The van der Waals surface area contributed by atoms with Gasteiger partial charge in [0, 0.05) is 5.69 Å². The number of ether oxygens (including phenoxy) is 2. The lowest BCUT2D eigenvalue weighted by Crippen LogP contribution is -2.60. The van der Waals surface area contributed by atoms with E-state index in [9.17, 15) is 15.3 Å². The zero-order chi connectivity index (χ0) is 20.0. The number of aliphatic hydroxyl groups is 4. The smallest absolute Gasteiger partial charge is 0.229 e. The molecule has 140 valence electrons. The molecule has 1 aliphatic rings. The number of rotatable bonds is 5. The largest absolute Gasteiger partial charge is 0.462 e. The van der Waals surface area contributed by atoms with E-state index in [-0.39, 0.29) is 17.0 Å². The van der Waals surface area contributed by atoms with Crippen LogP contribution in [0.15, 0.2) is 35.5 Å². The van der Waals surface area contributed by atoms with Crippen LogP contribution in [0.5, 0.6) is 5.75 Å². The fourth-order valence-electron chi connectivity index (χ4n) is 2.34. The Kier molecular flexibility index (Phi) is 6.69. The molecule has 1 saturated heterocycles. The molecule has 10 nitrogen and oxygen atoms in total. The minimum Gasteiger partial charge on any atom is -0.462 e. The second-order valence-electron chi connectivity index (χ2n) is 5.55. The van der Waals surface area contributed by atoms with Gasteiger partial charge in [-0.15, -0.1) is 0 Å². The van der Waals surface area contributed by atoms with Gasteiger partial charge < -0.3 is 35.2 Å². The SMILES string of the molecule is N#CC(C#N)=C(C#N)Nc1ccc(OC2OC(CO)C(O)C(O)C2O)cc1. The van der Waals surface area contributed by atoms with Gasteiger partial charge in [0.2, 0.25) is 6.29 Å². The molecule has 5 N–H and O–H groups in total. The van der Waals surface area contributed by atoms with Gasteiger partial charge in [0.1, 0.15) is 54.1 Å². The van der Waals surface area contributed by atoms with Gasteiger partial charge in [0.05, 0.1) is 6.61 Å². The Bertz CT molecular complexity index is 802. The van der Waals surface area contributed by atoms with Gasteiger partial charge >= 0.3 is 0 Å². The van der Waals surface area contributed by atoms with Crippen molar-refractivity contribution < 1.29 is 29.9 Å².